The summed E-state index contributed by atoms with van der Waals surface area (Å²) in [4.78, 5) is 12.5. The van der Waals surface area contributed by atoms with Crippen LogP contribution in [0.15, 0.2) is 0 Å². The van der Waals surface area contributed by atoms with Crippen molar-refractivity contribution in [1.82, 2.24) is 4.90 Å². The van der Waals surface area contributed by atoms with Crippen molar-refractivity contribution in [3.05, 3.63) is 0 Å². The van der Waals surface area contributed by atoms with Gasteiger partial charge in [0.05, 0.1) is 0 Å². The molecule has 1 aliphatic heterocycles. The average molecular weight is 158 g/mol. The maximum atomic E-state index is 10.6. The van der Waals surface area contributed by atoms with Gasteiger partial charge in [-0.3, -0.25) is 9.69 Å². The Morgan fingerprint density at radius 1 is 1.55 bits per heavy atom. The van der Waals surface area contributed by atoms with Crippen LogP contribution in [0.5, 0.6) is 0 Å². The number of carboxylic acids is 1. The van der Waals surface area contributed by atoms with Crippen LogP contribution < -0.4 is 5.73 Å². The van der Waals surface area contributed by atoms with Crippen molar-refractivity contribution in [2.45, 2.75) is 18.9 Å². The lowest BCUT2D eigenvalue weighted by Gasteiger charge is -2.21. The number of hydrogen-bond acceptors (Lipinski definition) is 3. The van der Waals surface area contributed by atoms with E-state index in [0.29, 0.717) is 0 Å². The number of carboxylic acid groups (broad SMARTS) is 1. The van der Waals surface area contributed by atoms with Gasteiger partial charge in [0.15, 0.2) is 0 Å². The molecule has 0 aromatic carbocycles. The molecule has 0 unspecified atom stereocenters. The van der Waals surface area contributed by atoms with E-state index < -0.39 is 12.0 Å². The van der Waals surface area contributed by atoms with Crippen molar-refractivity contribution in [3.8, 4) is 0 Å². The molecule has 4 nitrogen and oxygen atoms in total. The standard InChI is InChI=1S/C7H14N2O2/c8-5-6(7(10)11)9-3-1-2-4-9/h6H,1-5,8H2,(H,10,11)/t6-/m0/s1. The number of hydrogen-bond donors (Lipinski definition) is 2. The van der Waals surface area contributed by atoms with Gasteiger partial charge in [-0.2, -0.15) is 0 Å². The maximum Gasteiger partial charge on any atom is 0.322 e. The fourth-order valence-corrected chi connectivity index (χ4v) is 1.46. The van der Waals surface area contributed by atoms with Gasteiger partial charge in [-0.25, -0.2) is 0 Å². The molecule has 1 aliphatic rings. The lowest BCUT2D eigenvalue weighted by molar-refractivity contribution is -0.142. The molecule has 1 heterocycles. The zero-order valence-electron chi connectivity index (χ0n) is 6.49. The van der Waals surface area contributed by atoms with E-state index in [4.69, 9.17) is 10.8 Å². The molecule has 0 radical (unpaired) electrons. The van der Waals surface area contributed by atoms with Crippen molar-refractivity contribution in [2.75, 3.05) is 19.6 Å². The second-order valence-corrected chi connectivity index (χ2v) is 2.83. The largest absolute Gasteiger partial charge is 0.480 e. The summed E-state index contributed by atoms with van der Waals surface area (Å²) in [7, 11) is 0. The first kappa shape index (κ1) is 8.49. The minimum Gasteiger partial charge on any atom is -0.480 e. The Labute approximate surface area is 66.0 Å². The molecule has 0 saturated carbocycles. The van der Waals surface area contributed by atoms with E-state index >= 15 is 0 Å². The molecular weight excluding hydrogens is 144 g/mol. The monoisotopic (exact) mass is 158 g/mol. The lowest BCUT2D eigenvalue weighted by atomic mass is 10.2. The molecule has 1 saturated heterocycles. The van der Waals surface area contributed by atoms with Gasteiger partial charge in [0.2, 0.25) is 0 Å². The quantitative estimate of drug-likeness (QED) is 0.580. The molecule has 0 aromatic heterocycles. The normalized spacial score (nSPS) is 21.9. The summed E-state index contributed by atoms with van der Waals surface area (Å²) in [5, 5.41) is 8.71. The van der Waals surface area contributed by atoms with Crippen LogP contribution in [0.25, 0.3) is 0 Å². The molecule has 1 rings (SSSR count). The summed E-state index contributed by atoms with van der Waals surface area (Å²) >= 11 is 0. The van der Waals surface area contributed by atoms with E-state index in [9.17, 15) is 4.79 Å². The van der Waals surface area contributed by atoms with Crippen LogP contribution in [0.3, 0.4) is 0 Å². The number of rotatable bonds is 3. The zero-order chi connectivity index (χ0) is 8.27. The van der Waals surface area contributed by atoms with Crippen molar-refractivity contribution in [3.63, 3.8) is 0 Å². The number of nitrogens with zero attached hydrogens (tertiary/aromatic N) is 1. The predicted octanol–water partition coefficient (Wildman–Crippen LogP) is -0.506. The highest BCUT2D eigenvalue weighted by molar-refractivity contribution is 5.73. The van der Waals surface area contributed by atoms with Gasteiger partial charge in [0.25, 0.3) is 0 Å². The van der Waals surface area contributed by atoms with Crippen molar-refractivity contribution in [2.24, 2.45) is 5.73 Å². The smallest absolute Gasteiger partial charge is 0.322 e. The van der Waals surface area contributed by atoms with Crippen LogP contribution >= 0.6 is 0 Å². The topological polar surface area (TPSA) is 66.6 Å². The molecule has 0 bridgehead atoms. The second kappa shape index (κ2) is 3.69. The molecule has 0 aliphatic carbocycles. The first-order valence-corrected chi connectivity index (χ1v) is 3.92. The summed E-state index contributed by atoms with van der Waals surface area (Å²) in [6, 6.07) is -0.461. The third-order valence-corrected chi connectivity index (χ3v) is 2.09. The minimum atomic E-state index is -0.797. The molecule has 64 valence electrons. The van der Waals surface area contributed by atoms with Gasteiger partial charge in [-0.05, 0) is 25.9 Å². The molecule has 0 spiro atoms. The van der Waals surface area contributed by atoms with Crippen molar-refractivity contribution < 1.29 is 9.90 Å². The fourth-order valence-electron chi connectivity index (χ4n) is 1.46. The van der Waals surface area contributed by atoms with Crippen molar-refractivity contribution in [1.29, 1.82) is 0 Å². The predicted molar refractivity (Wildman–Crippen MR) is 41.3 cm³/mol. The van der Waals surface area contributed by atoms with Crippen molar-refractivity contribution >= 4 is 5.97 Å². The molecule has 1 atom stereocenters. The van der Waals surface area contributed by atoms with Crippen LogP contribution in [-0.4, -0.2) is 41.7 Å². The van der Waals surface area contributed by atoms with E-state index in [2.05, 4.69) is 0 Å². The van der Waals surface area contributed by atoms with E-state index in [1.165, 1.54) is 0 Å². The fraction of sp³-hybridized carbons (Fsp3) is 0.857. The van der Waals surface area contributed by atoms with Gasteiger partial charge in [0, 0.05) is 6.54 Å². The highest BCUT2D eigenvalue weighted by Crippen LogP contribution is 2.10. The lowest BCUT2D eigenvalue weighted by Crippen LogP contribution is -2.44. The minimum absolute atomic E-state index is 0.218. The van der Waals surface area contributed by atoms with Gasteiger partial charge in [0.1, 0.15) is 6.04 Å². The summed E-state index contributed by atoms with van der Waals surface area (Å²) in [5.74, 6) is -0.797. The van der Waals surface area contributed by atoms with Crippen LogP contribution in [0.1, 0.15) is 12.8 Å². The molecule has 0 amide bonds. The van der Waals surface area contributed by atoms with E-state index in [0.717, 1.165) is 25.9 Å². The van der Waals surface area contributed by atoms with Gasteiger partial charge in [-0.1, -0.05) is 0 Å². The number of nitrogens with two attached hydrogens (primary N) is 1. The molecule has 3 N–H and O–H groups in total. The number of carbonyl (C=O) groups is 1. The zero-order valence-corrected chi connectivity index (χ0v) is 6.49. The van der Waals surface area contributed by atoms with Crippen LogP contribution in [0, 0.1) is 0 Å². The second-order valence-electron chi connectivity index (χ2n) is 2.83. The van der Waals surface area contributed by atoms with E-state index in [1.807, 2.05) is 4.90 Å². The highest BCUT2D eigenvalue weighted by Gasteiger charge is 2.25. The van der Waals surface area contributed by atoms with Crippen LogP contribution in [0.4, 0.5) is 0 Å². The van der Waals surface area contributed by atoms with Crippen LogP contribution in [0.2, 0.25) is 0 Å². The Bertz CT molecular complexity index is 143. The SMILES string of the molecule is NC[C@@H](C(=O)O)N1CCCC1. The first-order chi connectivity index (χ1) is 5.25. The van der Waals surface area contributed by atoms with Gasteiger partial charge < -0.3 is 10.8 Å². The Hall–Kier alpha value is -0.610. The molecule has 1 fully saturated rings. The van der Waals surface area contributed by atoms with Crippen LogP contribution in [-0.2, 0) is 4.79 Å². The molecule has 11 heavy (non-hydrogen) atoms. The third kappa shape index (κ3) is 1.91. The Morgan fingerprint density at radius 3 is 2.45 bits per heavy atom. The first-order valence-electron chi connectivity index (χ1n) is 3.92. The molecule has 0 aromatic rings. The third-order valence-electron chi connectivity index (χ3n) is 2.09. The summed E-state index contributed by atoms with van der Waals surface area (Å²) in [5.41, 5.74) is 5.33. The molecular formula is C7H14N2O2. The Morgan fingerprint density at radius 2 is 2.09 bits per heavy atom. The number of aliphatic carboxylic acids is 1. The van der Waals surface area contributed by atoms with E-state index in [-0.39, 0.29) is 6.54 Å². The molecule has 4 heteroatoms. The van der Waals surface area contributed by atoms with Gasteiger partial charge in [-0.15, -0.1) is 0 Å². The summed E-state index contributed by atoms with van der Waals surface area (Å²) < 4.78 is 0. The Balaban J connectivity index is 2.46. The summed E-state index contributed by atoms with van der Waals surface area (Å²) in [6.07, 6.45) is 2.20. The highest BCUT2D eigenvalue weighted by atomic mass is 16.4. The maximum absolute atomic E-state index is 10.6. The Kier molecular flexibility index (Phi) is 2.84. The average Bonchev–Trinajstić information content (AvgIpc) is 2.40. The summed E-state index contributed by atoms with van der Waals surface area (Å²) in [6.45, 7) is 1.98. The number of likely N-dealkylation sites (tertiary alicyclic amines) is 1. The van der Waals surface area contributed by atoms with Gasteiger partial charge >= 0.3 is 5.97 Å². The van der Waals surface area contributed by atoms with E-state index in [1.54, 1.807) is 0 Å².